The lowest BCUT2D eigenvalue weighted by Gasteiger charge is -1.97. The molecule has 0 aromatic carbocycles. The molecule has 10 heavy (non-hydrogen) atoms. The minimum Gasteiger partial charge on any atom is -0.349 e. The molecule has 0 unspecified atom stereocenters. The number of Topliss-reactive ketones (excluding diaryl/α,β-unsaturated/α-hetero) is 1. The molecule has 0 aromatic heterocycles. The zero-order chi connectivity index (χ0) is 7.56. The van der Waals surface area contributed by atoms with Crippen LogP contribution in [0.25, 0.3) is 0 Å². The number of rotatable bonds is 3. The van der Waals surface area contributed by atoms with Gasteiger partial charge in [0, 0.05) is 12.8 Å². The minimum absolute atomic E-state index is 0.131. The summed E-state index contributed by atoms with van der Waals surface area (Å²) in [5, 5.41) is 2.48. The summed E-state index contributed by atoms with van der Waals surface area (Å²) >= 11 is 0. The maximum atomic E-state index is 10.9. The van der Waals surface area contributed by atoms with E-state index in [1.165, 1.54) is 6.92 Å². The lowest BCUT2D eigenvalue weighted by atomic mass is 10.3. The van der Waals surface area contributed by atoms with Gasteiger partial charge >= 0.3 is 0 Å². The summed E-state index contributed by atoms with van der Waals surface area (Å²) < 4.78 is 0. The van der Waals surface area contributed by atoms with Crippen LogP contribution in [-0.2, 0) is 9.59 Å². The van der Waals surface area contributed by atoms with Crippen molar-refractivity contribution in [2.75, 3.05) is 6.54 Å². The average Bonchev–Trinajstić information content (AvgIpc) is 2.63. The van der Waals surface area contributed by atoms with E-state index in [2.05, 4.69) is 5.32 Å². The first-order valence-corrected chi connectivity index (χ1v) is 3.47. The molecule has 0 aliphatic heterocycles. The van der Waals surface area contributed by atoms with Crippen LogP contribution < -0.4 is 5.32 Å². The van der Waals surface area contributed by atoms with Gasteiger partial charge in [0.05, 0.1) is 6.54 Å². The van der Waals surface area contributed by atoms with Crippen molar-refractivity contribution in [2.24, 2.45) is 5.92 Å². The molecule has 0 bridgehead atoms. The van der Waals surface area contributed by atoms with E-state index in [0.717, 1.165) is 12.8 Å². The second kappa shape index (κ2) is 2.82. The molecule has 1 aliphatic carbocycles. The first-order chi connectivity index (χ1) is 4.70. The van der Waals surface area contributed by atoms with Gasteiger partial charge in [-0.3, -0.25) is 9.59 Å². The van der Waals surface area contributed by atoms with Crippen LogP contribution in [0.3, 0.4) is 0 Å². The highest BCUT2D eigenvalue weighted by Gasteiger charge is 2.28. The molecule has 1 saturated carbocycles. The van der Waals surface area contributed by atoms with Crippen molar-refractivity contribution in [1.29, 1.82) is 0 Å². The van der Waals surface area contributed by atoms with Crippen LogP contribution in [0.4, 0.5) is 0 Å². The van der Waals surface area contributed by atoms with Crippen LogP contribution >= 0.6 is 0 Å². The smallest absolute Gasteiger partial charge is 0.217 e. The Kier molecular flexibility index (Phi) is 2.04. The van der Waals surface area contributed by atoms with E-state index in [1.807, 2.05) is 0 Å². The summed E-state index contributed by atoms with van der Waals surface area (Å²) in [5.41, 5.74) is 0. The quantitative estimate of drug-likeness (QED) is 0.606. The Morgan fingerprint density at radius 2 is 2.10 bits per heavy atom. The Morgan fingerprint density at radius 1 is 1.50 bits per heavy atom. The van der Waals surface area contributed by atoms with Gasteiger partial charge in [0.15, 0.2) is 5.78 Å². The van der Waals surface area contributed by atoms with Gasteiger partial charge in [0.2, 0.25) is 5.91 Å². The van der Waals surface area contributed by atoms with Gasteiger partial charge < -0.3 is 5.32 Å². The van der Waals surface area contributed by atoms with Gasteiger partial charge in [-0.1, -0.05) is 0 Å². The Labute approximate surface area is 59.8 Å². The summed E-state index contributed by atoms with van der Waals surface area (Å²) in [4.78, 5) is 21.2. The summed E-state index contributed by atoms with van der Waals surface area (Å²) in [6.45, 7) is 1.64. The maximum absolute atomic E-state index is 10.9. The van der Waals surface area contributed by atoms with Gasteiger partial charge in [0.1, 0.15) is 0 Å². The highest BCUT2D eigenvalue weighted by molar-refractivity contribution is 5.88. The van der Waals surface area contributed by atoms with Gasteiger partial charge in [-0.15, -0.1) is 0 Å². The third-order valence-electron chi connectivity index (χ3n) is 1.54. The zero-order valence-corrected chi connectivity index (χ0v) is 6.02. The Bertz CT molecular complexity index is 161. The van der Waals surface area contributed by atoms with Crippen LogP contribution in [0, 0.1) is 5.92 Å². The normalized spacial score (nSPS) is 16.5. The predicted molar refractivity (Wildman–Crippen MR) is 36.4 cm³/mol. The summed E-state index contributed by atoms with van der Waals surface area (Å²) in [6.07, 6.45) is 2.02. The van der Waals surface area contributed by atoms with E-state index in [9.17, 15) is 9.59 Å². The number of amides is 1. The van der Waals surface area contributed by atoms with Crippen molar-refractivity contribution in [2.45, 2.75) is 19.8 Å². The molecule has 0 spiro atoms. The van der Waals surface area contributed by atoms with Crippen molar-refractivity contribution in [3.05, 3.63) is 0 Å². The number of carbonyl (C=O) groups excluding carboxylic acids is 2. The van der Waals surface area contributed by atoms with Gasteiger partial charge in [-0.2, -0.15) is 0 Å². The number of hydrogen-bond acceptors (Lipinski definition) is 2. The Hall–Kier alpha value is -0.860. The van der Waals surface area contributed by atoms with Crippen molar-refractivity contribution in [3.8, 4) is 0 Å². The predicted octanol–water partition coefficient (Wildman–Crippen LogP) is 0.102. The summed E-state index contributed by atoms with van der Waals surface area (Å²) in [5.74, 6) is 0.302. The fourth-order valence-electron chi connectivity index (χ4n) is 0.761. The van der Waals surface area contributed by atoms with Gasteiger partial charge in [-0.25, -0.2) is 0 Å². The molecule has 56 valence electrons. The standard InChI is InChI=1S/C7H11NO2/c1-5(9)8-4-7(10)6-2-3-6/h6H,2-4H2,1H3,(H,8,9). The number of ketones is 1. The minimum atomic E-state index is -0.131. The van der Waals surface area contributed by atoms with E-state index >= 15 is 0 Å². The van der Waals surface area contributed by atoms with Crippen molar-refractivity contribution < 1.29 is 9.59 Å². The van der Waals surface area contributed by atoms with Gasteiger partial charge in [0.25, 0.3) is 0 Å². The molecule has 3 heteroatoms. The molecule has 0 atom stereocenters. The zero-order valence-electron chi connectivity index (χ0n) is 6.02. The molecular formula is C7H11NO2. The van der Waals surface area contributed by atoms with Gasteiger partial charge in [-0.05, 0) is 12.8 Å². The second-order valence-corrected chi connectivity index (χ2v) is 2.65. The van der Waals surface area contributed by atoms with E-state index in [1.54, 1.807) is 0 Å². The first-order valence-electron chi connectivity index (χ1n) is 3.47. The molecule has 3 nitrogen and oxygen atoms in total. The second-order valence-electron chi connectivity index (χ2n) is 2.65. The Balaban J connectivity index is 2.12. The number of nitrogens with one attached hydrogen (secondary N) is 1. The molecule has 1 aliphatic rings. The maximum Gasteiger partial charge on any atom is 0.217 e. The van der Waals surface area contributed by atoms with Crippen LogP contribution in [0.2, 0.25) is 0 Å². The van der Waals surface area contributed by atoms with Crippen LogP contribution in [0.1, 0.15) is 19.8 Å². The van der Waals surface area contributed by atoms with Crippen molar-refractivity contribution >= 4 is 11.7 Å². The fourth-order valence-corrected chi connectivity index (χ4v) is 0.761. The molecule has 1 rings (SSSR count). The van der Waals surface area contributed by atoms with E-state index < -0.39 is 0 Å². The molecular weight excluding hydrogens is 130 g/mol. The third kappa shape index (κ3) is 2.17. The average molecular weight is 141 g/mol. The highest BCUT2D eigenvalue weighted by atomic mass is 16.2. The highest BCUT2D eigenvalue weighted by Crippen LogP contribution is 2.29. The van der Waals surface area contributed by atoms with Crippen molar-refractivity contribution in [3.63, 3.8) is 0 Å². The first kappa shape index (κ1) is 7.25. The monoisotopic (exact) mass is 141 g/mol. The SMILES string of the molecule is CC(=O)NCC(=O)C1CC1. The van der Waals surface area contributed by atoms with E-state index in [-0.39, 0.29) is 24.2 Å². The van der Waals surface area contributed by atoms with Crippen molar-refractivity contribution in [1.82, 2.24) is 5.32 Å². The lowest BCUT2D eigenvalue weighted by Crippen LogP contribution is -2.27. The molecule has 0 radical (unpaired) electrons. The molecule has 0 heterocycles. The van der Waals surface area contributed by atoms with Crippen LogP contribution in [0.5, 0.6) is 0 Å². The fraction of sp³-hybridized carbons (Fsp3) is 0.714. The third-order valence-corrected chi connectivity index (χ3v) is 1.54. The van der Waals surface area contributed by atoms with Crippen LogP contribution in [-0.4, -0.2) is 18.2 Å². The number of hydrogen-bond donors (Lipinski definition) is 1. The summed E-state index contributed by atoms with van der Waals surface area (Å²) in [7, 11) is 0. The van der Waals surface area contributed by atoms with E-state index in [0.29, 0.717) is 0 Å². The number of carbonyl (C=O) groups is 2. The molecule has 1 N–H and O–H groups in total. The Morgan fingerprint density at radius 3 is 2.50 bits per heavy atom. The molecule has 1 amide bonds. The topological polar surface area (TPSA) is 46.2 Å². The largest absolute Gasteiger partial charge is 0.349 e. The molecule has 1 fully saturated rings. The molecule has 0 aromatic rings. The lowest BCUT2D eigenvalue weighted by molar-refractivity contribution is -0.124. The summed E-state index contributed by atoms with van der Waals surface area (Å²) in [6, 6.07) is 0. The molecule has 0 saturated heterocycles. The van der Waals surface area contributed by atoms with E-state index in [4.69, 9.17) is 0 Å². The van der Waals surface area contributed by atoms with Crippen LogP contribution in [0.15, 0.2) is 0 Å².